The van der Waals surface area contributed by atoms with Crippen LogP contribution in [0.1, 0.15) is 46.1 Å². The molecule has 0 bridgehead atoms. The summed E-state index contributed by atoms with van der Waals surface area (Å²) in [7, 11) is 1.70. The topological polar surface area (TPSA) is 75.2 Å². The van der Waals surface area contributed by atoms with Crippen molar-refractivity contribution in [3.05, 3.63) is 29.8 Å². The van der Waals surface area contributed by atoms with Crippen molar-refractivity contribution in [2.75, 3.05) is 39.8 Å². The van der Waals surface area contributed by atoms with Crippen molar-refractivity contribution < 1.29 is 14.3 Å². The normalized spacial score (nSPS) is 16.9. The van der Waals surface area contributed by atoms with Crippen LogP contribution in [-0.2, 0) is 11.2 Å². The van der Waals surface area contributed by atoms with E-state index < -0.39 is 5.60 Å². The van der Waals surface area contributed by atoms with E-state index in [4.69, 9.17) is 14.5 Å². The molecule has 31 heavy (non-hydrogen) atoms. The number of hydrogen-bond donors (Lipinski definition) is 2. The molecule has 2 rings (SSSR count). The van der Waals surface area contributed by atoms with Gasteiger partial charge in [0.1, 0.15) is 11.4 Å². The molecule has 2 N–H and O–H groups in total. The van der Waals surface area contributed by atoms with Gasteiger partial charge in [0.15, 0.2) is 5.96 Å². The van der Waals surface area contributed by atoms with E-state index in [9.17, 15) is 4.79 Å². The Morgan fingerprint density at radius 3 is 2.68 bits per heavy atom. The number of ether oxygens (including phenoxy) is 2. The molecule has 176 valence electrons. The molecule has 1 aromatic carbocycles. The molecule has 0 aromatic heterocycles. The Kier molecular flexibility index (Phi) is 12.0. The fourth-order valence-corrected chi connectivity index (χ4v) is 3.49. The van der Waals surface area contributed by atoms with Gasteiger partial charge in [-0.2, -0.15) is 0 Å². The minimum absolute atomic E-state index is 0. The zero-order valence-electron chi connectivity index (χ0n) is 19.6. The Labute approximate surface area is 204 Å². The van der Waals surface area contributed by atoms with Crippen molar-refractivity contribution in [3.63, 3.8) is 0 Å². The lowest BCUT2D eigenvalue weighted by Gasteiger charge is -2.33. The summed E-state index contributed by atoms with van der Waals surface area (Å²) in [4.78, 5) is 18.9. The maximum Gasteiger partial charge on any atom is 0.410 e. The summed E-state index contributed by atoms with van der Waals surface area (Å²) in [5.74, 6) is 2.06. The zero-order valence-corrected chi connectivity index (χ0v) is 21.9. The highest BCUT2D eigenvalue weighted by atomic mass is 127. The number of carbonyl (C=O) groups is 1. The van der Waals surface area contributed by atoms with Crippen LogP contribution in [0.5, 0.6) is 5.75 Å². The largest absolute Gasteiger partial charge is 0.496 e. The first-order valence-corrected chi connectivity index (χ1v) is 10.9. The second kappa shape index (κ2) is 13.6. The smallest absolute Gasteiger partial charge is 0.410 e. The van der Waals surface area contributed by atoms with Gasteiger partial charge in [0, 0.05) is 32.7 Å². The van der Waals surface area contributed by atoms with Crippen LogP contribution in [0.15, 0.2) is 29.3 Å². The molecule has 0 aliphatic carbocycles. The van der Waals surface area contributed by atoms with Gasteiger partial charge in [-0.25, -0.2) is 4.79 Å². The van der Waals surface area contributed by atoms with Gasteiger partial charge in [0.25, 0.3) is 0 Å². The van der Waals surface area contributed by atoms with Gasteiger partial charge < -0.3 is 25.0 Å². The molecule has 0 spiro atoms. The van der Waals surface area contributed by atoms with E-state index >= 15 is 0 Å². The van der Waals surface area contributed by atoms with Gasteiger partial charge in [-0.1, -0.05) is 18.2 Å². The number of hydrogen-bond acceptors (Lipinski definition) is 4. The van der Waals surface area contributed by atoms with Gasteiger partial charge in [-0.3, -0.25) is 4.99 Å². The van der Waals surface area contributed by atoms with Crippen molar-refractivity contribution in [3.8, 4) is 5.75 Å². The first-order valence-electron chi connectivity index (χ1n) is 10.9. The predicted octanol–water partition coefficient (Wildman–Crippen LogP) is 4.06. The van der Waals surface area contributed by atoms with Gasteiger partial charge in [0.05, 0.1) is 7.11 Å². The standard InChI is InChI=1S/C23H38N4O3.HI/c1-6-24-21(25-14-13-19-11-7-8-12-20(19)29-5)26-16-18-10-9-15-27(17-18)22(28)30-23(2,3)4;/h7-8,11-12,18H,6,9-10,13-17H2,1-5H3,(H2,24,25,26);1H. The Bertz CT molecular complexity index is 706. The van der Waals surface area contributed by atoms with E-state index in [0.29, 0.717) is 19.0 Å². The van der Waals surface area contributed by atoms with Gasteiger partial charge in [0.2, 0.25) is 0 Å². The molecule has 1 aromatic rings. The van der Waals surface area contributed by atoms with E-state index in [1.54, 1.807) is 7.11 Å². The third kappa shape index (κ3) is 9.97. The Balaban J connectivity index is 0.00000480. The molecule has 1 aliphatic rings. The summed E-state index contributed by atoms with van der Waals surface area (Å²) < 4.78 is 10.9. The third-order valence-corrected chi connectivity index (χ3v) is 4.90. The molecule has 0 saturated carbocycles. The number of amides is 1. The molecule has 0 radical (unpaired) electrons. The first kappa shape index (κ1) is 27.3. The maximum atomic E-state index is 12.4. The number of benzene rings is 1. The SMILES string of the molecule is CCNC(=NCC1CCCN(C(=O)OC(C)(C)C)C1)NCCc1ccccc1OC.I. The highest BCUT2D eigenvalue weighted by Crippen LogP contribution is 2.20. The summed E-state index contributed by atoms with van der Waals surface area (Å²) in [6.45, 7) is 11.5. The Morgan fingerprint density at radius 1 is 1.26 bits per heavy atom. The molecular formula is C23H39IN4O3. The molecule has 1 unspecified atom stereocenters. The number of methoxy groups -OCH3 is 1. The van der Waals surface area contributed by atoms with Crippen LogP contribution in [0, 0.1) is 5.92 Å². The van der Waals surface area contributed by atoms with E-state index in [0.717, 1.165) is 50.6 Å². The molecule has 1 aliphatic heterocycles. The van der Waals surface area contributed by atoms with Gasteiger partial charge >= 0.3 is 6.09 Å². The van der Waals surface area contributed by atoms with Crippen molar-refractivity contribution in [2.45, 2.75) is 52.6 Å². The highest BCUT2D eigenvalue weighted by molar-refractivity contribution is 14.0. The lowest BCUT2D eigenvalue weighted by Crippen LogP contribution is -2.44. The number of halogens is 1. The molecule has 1 atom stereocenters. The number of guanidine groups is 1. The Morgan fingerprint density at radius 2 is 2.00 bits per heavy atom. The molecule has 8 heteroatoms. The van der Waals surface area contributed by atoms with Crippen molar-refractivity contribution >= 4 is 36.0 Å². The lowest BCUT2D eigenvalue weighted by molar-refractivity contribution is 0.0170. The minimum atomic E-state index is -0.467. The molecular weight excluding hydrogens is 507 g/mol. The van der Waals surface area contributed by atoms with Gasteiger partial charge in [-0.05, 0) is 64.5 Å². The third-order valence-electron chi connectivity index (χ3n) is 4.90. The van der Waals surface area contributed by atoms with E-state index in [1.807, 2.05) is 43.9 Å². The fourth-order valence-electron chi connectivity index (χ4n) is 3.49. The van der Waals surface area contributed by atoms with Crippen LogP contribution >= 0.6 is 24.0 Å². The molecule has 1 fully saturated rings. The summed E-state index contributed by atoms with van der Waals surface area (Å²) in [6, 6.07) is 8.06. The second-order valence-electron chi connectivity index (χ2n) is 8.64. The molecule has 1 amide bonds. The Hall–Kier alpha value is -1.71. The first-order chi connectivity index (χ1) is 14.3. The summed E-state index contributed by atoms with van der Waals surface area (Å²) in [5, 5.41) is 6.71. The van der Waals surface area contributed by atoms with E-state index in [-0.39, 0.29) is 30.1 Å². The maximum absolute atomic E-state index is 12.4. The monoisotopic (exact) mass is 546 g/mol. The number of piperidine rings is 1. The molecule has 7 nitrogen and oxygen atoms in total. The van der Waals surface area contributed by atoms with Crippen LogP contribution in [-0.4, -0.2) is 62.4 Å². The number of nitrogens with zero attached hydrogens (tertiary/aromatic N) is 2. The zero-order chi connectivity index (χ0) is 22.0. The number of carbonyl (C=O) groups excluding carboxylic acids is 1. The van der Waals surface area contributed by atoms with E-state index in [1.165, 1.54) is 5.56 Å². The molecule has 1 saturated heterocycles. The number of likely N-dealkylation sites (tertiary alicyclic amines) is 1. The quantitative estimate of drug-likeness (QED) is 0.307. The minimum Gasteiger partial charge on any atom is -0.496 e. The van der Waals surface area contributed by atoms with Crippen molar-refractivity contribution in [1.29, 1.82) is 0 Å². The van der Waals surface area contributed by atoms with Crippen LogP contribution in [0.3, 0.4) is 0 Å². The average molecular weight is 546 g/mol. The summed E-state index contributed by atoms with van der Waals surface area (Å²) >= 11 is 0. The fraction of sp³-hybridized carbons (Fsp3) is 0.652. The highest BCUT2D eigenvalue weighted by Gasteiger charge is 2.27. The predicted molar refractivity (Wildman–Crippen MR) is 137 cm³/mol. The van der Waals surface area contributed by atoms with Crippen LogP contribution in [0.25, 0.3) is 0 Å². The number of rotatable bonds is 7. The second-order valence-corrected chi connectivity index (χ2v) is 8.64. The van der Waals surface area contributed by atoms with Crippen LogP contribution in [0.2, 0.25) is 0 Å². The van der Waals surface area contributed by atoms with Gasteiger partial charge in [-0.15, -0.1) is 24.0 Å². The molecule has 1 heterocycles. The van der Waals surface area contributed by atoms with E-state index in [2.05, 4.69) is 23.6 Å². The van der Waals surface area contributed by atoms with Crippen LogP contribution in [0.4, 0.5) is 4.79 Å². The number of para-hydroxylation sites is 1. The summed E-state index contributed by atoms with van der Waals surface area (Å²) in [6.07, 6.45) is 2.68. The average Bonchev–Trinajstić information content (AvgIpc) is 2.71. The van der Waals surface area contributed by atoms with Crippen LogP contribution < -0.4 is 15.4 Å². The number of aliphatic imine (C=N–C) groups is 1. The summed E-state index contributed by atoms with van der Waals surface area (Å²) in [5.41, 5.74) is 0.704. The van der Waals surface area contributed by atoms with Crippen molar-refractivity contribution in [1.82, 2.24) is 15.5 Å². The lowest BCUT2D eigenvalue weighted by atomic mass is 9.98. The number of nitrogens with one attached hydrogen (secondary N) is 2. The van der Waals surface area contributed by atoms with Crippen molar-refractivity contribution in [2.24, 2.45) is 10.9 Å².